The molecule has 4 heteroatoms. The van der Waals surface area contributed by atoms with Gasteiger partial charge >= 0.3 is 0 Å². The SMILES string of the molecule is N#CC1CCCN(C(=O)c2ccc(-c3ccc(CN4CCCC4)cc3)cc2)C1. The minimum atomic E-state index is -0.0314. The Hall–Kier alpha value is -2.64. The van der Waals surface area contributed by atoms with E-state index in [1.807, 2.05) is 29.2 Å². The van der Waals surface area contributed by atoms with Crippen molar-refractivity contribution in [3.63, 3.8) is 0 Å². The minimum absolute atomic E-state index is 0.0314. The molecule has 0 saturated carbocycles. The third-order valence-electron chi connectivity index (χ3n) is 5.92. The highest BCUT2D eigenvalue weighted by Gasteiger charge is 2.24. The van der Waals surface area contributed by atoms with Crippen molar-refractivity contribution in [1.82, 2.24) is 9.80 Å². The van der Waals surface area contributed by atoms with Crippen molar-refractivity contribution in [1.29, 1.82) is 5.26 Å². The third-order valence-corrected chi connectivity index (χ3v) is 5.92. The summed E-state index contributed by atoms with van der Waals surface area (Å²) in [6.45, 7) is 4.76. The molecule has 2 aliphatic rings. The average molecular weight is 374 g/mol. The lowest BCUT2D eigenvalue weighted by molar-refractivity contribution is 0.0699. The fraction of sp³-hybridized carbons (Fsp3) is 0.417. The predicted molar refractivity (Wildman–Crippen MR) is 111 cm³/mol. The molecule has 2 saturated heterocycles. The van der Waals surface area contributed by atoms with Crippen molar-refractivity contribution in [2.24, 2.45) is 5.92 Å². The third kappa shape index (κ3) is 4.26. The van der Waals surface area contributed by atoms with Gasteiger partial charge in [0.1, 0.15) is 0 Å². The number of carbonyl (C=O) groups excluding carboxylic acids is 1. The summed E-state index contributed by atoms with van der Waals surface area (Å²) in [6, 6.07) is 18.9. The molecule has 2 aromatic rings. The molecule has 0 aromatic heterocycles. The first-order chi connectivity index (χ1) is 13.7. The Balaban J connectivity index is 1.41. The van der Waals surface area contributed by atoms with Gasteiger partial charge < -0.3 is 4.90 Å². The van der Waals surface area contributed by atoms with Gasteiger partial charge in [0.05, 0.1) is 12.0 Å². The van der Waals surface area contributed by atoms with Crippen LogP contribution in [0.2, 0.25) is 0 Å². The molecular formula is C24H27N3O. The molecule has 2 fully saturated rings. The molecule has 2 aliphatic heterocycles. The second-order valence-corrected chi connectivity index (χ2v) is 7.98. The lowest BCUT2D eigenvalue weighted by Crippen LogP contribution is -2.39. The summed E-state index contributed by atoms with van der Waals surface area (Å²) < 4.78 is 0. The van der Waals surface area contributed by atoms with E-state index in [9.17, 15) is 4.79 Å². The maximum absolute atomic E-state index is 12.7. The zero-order valence-corrected chi connectivity index (χ0v) is 16.3. The summed E-state index contributed by atoms with van der Waals surface area (Å²) in [5.41, 5.74) is 4.35. The number of carbonyl (C=O) groups is 1. The first kappa shape index (κ1) is 18.7. The van der Waals surface area contributed by atoms with Crippen molar-refractivity contribution in [3.8, 4) is 17.2 Å². The molecule has 28 heavy (non-hydrogen) atoms. The Labute approximate surface area is 167 Å². The van der Waals surface area contributed by atoms with E-state index in [0.717, 1.165) is 31.5 Å². The van der Waals surface area contributed by atoms with Crippen LogP contribution in [0.25, 0.3) is 11.1 Å². The molecule has 0 bridgehead atoms. The summed E-state index contributed by atoms with van der Waals surface area (Å²) in [5, 5.41) is 9.13. The molecule has 2 heterocycles. The van der Waals surface area contributed by atoms with E-state index in [-0.39, 0.29) is 11.8 Å². The van der Waals surface area contributed by atoms with E-state index in [2.05, 4.69) is 35.2 Å². The van der Waals surface area contributed by atoms with E-state index in [1.54, 1.807) is 0 Å². The van der Waals surface area contributed by atoms with Crippen molar-refractivity contribution in [2.75, 3.05) is 26.2 Å². The molecule has 2 aromatic carbocycles. The van der Waals surface area contributed by atoms with Crippen LogP contribution in [0.3, 0.4) is 0 Å². The van der Waals surface area contributed by atoms with Crippen LogP contribution in [-0.2, 0) is 6.54 Å². The first-order valence-electron chi connectivity index (χ1n) is 10.3. The average Bonchev–Trinajstić information content (AvgIpc) is 3.27. The fourth-order valence-electron chi connectivity index (χ4n) is 4.26. The molecule has 0 radical (unpaired) electrons. The van der Waals surface area contributed by atoms with Gasteiger partial charge in [-0.2, -0.15) is 5.26 Å². The van der Waals surface area contributed by atoms with Gasteiger partial charge in [-0.1, -0.05) is 36.4 Å². The molecule has 1 amide bonds. The molecule has 0 aliphatic carbocycles. The molecular weight excluding hydrogens is 346 g/mol. The Morgan fingerprint density at radius 1 is 0.929 bits per heavy atom. The van der Waals surface area contributed by atoms with Crippen molar-refractivity contribution < 1.29 is 4.79 Å². The zero-order chi connectivity index (χ0) is 19.3. The molecule has 4 nitrogen and oxygen atoms in total. The highest BCUT2D eigenvalue weighted by atomic mass is 16.2. The van der Waals surface area contributed by atoms with E-state index >= 15 is 0 Å². The minimum Gasteiger partial charge on any atom is -0.337 e. The van der Waals surface area contributed by atoms with E-state index < -0.39 is 0 Å². The number of hydrogen-bond donors (Lipinski definition) is 0. The van der Waals surface area contributed by atoms with Gasteiger partial charge in [0.2, 0.25) is 0 Å². The van der Waals surface area contributed by atoms with Crippen molar-refractivity contribution in [3.05, 3.63) is 59.7 Å². The number of benzene rings is 2. The van der Waals surface area contributed by atoms with Gasteiger partial charge in [0, 0.05) is 25.2 Å². The van der Waals surface area contributed by atoms with Crippen LogP contribution in [-0.4, -0.2) is 41.9 Å². The molecule has 144 valence electrons. The van der Waals surface area contributed by atoms with Gasteiger partial charge in [-0.15, -0.1) is 0 Å². The second kappa shape index (κ2) is 8.58. The van der Waals surface area contributed by atoms with E-state index in [4.69, 9.17) is 5.26 Å². The van der Waals surface area contributed by atoms with Crippen LogP contribution < -0.4 is 0 Å². The zero-order valence-electron chi connectivity index (χ0n) is 16.3. The van der Waals surface area contributed by atoms with Gasteiger partial charge in [-0.3, -0.25) is 9.69 Å². The molecule has 4 rings (SSSR count). The van der Waals surface area contributed by atoms with Crippen LogP contribution in [0.5, 0.6) is 0 Å². The maximum Gasteiger partial charge on any atom is 0.253 e. The van der Waals surface area contributed by atoms with Gasteiger partial charge in [0.15, 0.2) is 0 Å². The molecule has 0 N–H and O–H groups in total. The Kier molecular flexibility index (Phi) is 5.73. The molecule has 1 atom stereocenters. The Bertz CT molecular complexity index is 845. The topological polar surface area (TPSA) is 47.3 Å². The number of nitrogens with zero attached hydrogens (tertiary/aromatic N) is 3. The fourth-order valence-corrected chi connectivity index (χ4v) is 4.26. The maximum atomic E-state index is 12.7. The van der Waals surface area contributed by atoms with Crippen LogP contribution in [0.15, 0.2) is 48.5 Å². The first-order valence-corrected chi connectivity index (χ1v) is 10.3. The van der Waals surface area contributed by atoms with Crippen molar-refractivity contribution >= 4 is 5.91 Å². The van der Waals surface area contributed by atoms with Crippen molar-refractivity contribution in [2.45, 2.75) is 32.2 Å². The highest BCUT2D eigenvalue weighted by Crippen LogP contribution is 2.23. The van der Waals surface area contributed by atoms with Gasteiger partial charge in [-0.25, -0.2) is 0 Å². The summed E-state index contributed by atoms with van der Waals surface area (Å²) in [5.74, 6) is 0.00325. The van der Waals surface area contributed by atoms with Crippen LogP contribution in [0, 0.1) is 17.2 Å². The summed E-state index contributed by atoms with van der Waals surface area (Å²) >= 11 is 0. The Morgan fingerprint density at radius 3 is 2.21 bits per heavy atom. The van der Waals surface area contributed by atoms with Crippen LogP contribution in [0.4, 0.5) is 0 Å². The second-order valence-electron chi connectivity index (χ2n) is 7.98. The quantitative estimate of drug-likeness (QED) is 0.802. The number of nitriles is 1. The predicted octanol–water partition coefficient (Wildman–Crippen LogP) is 4.33. The van der Waals surface area contributed by atoms with Crippen LogP contribution in [0.1, 0.15) is 41.6 Å². The largest absolute Gasteiger partial charge is 0.337 e. The monoisotopic (exact) mass is 373 g/mol. The van der Waals surface area contributed by atoms with Gasteiger partial charge in [-0.05, 0) is 67.6 Å². The molecule has 0 spiro atoms. The lowest BCUT2D eigenvalue weighted by atomic mass is 9.98. The smallest absolute Gasteiger partial charge is 0.253 e. The Morgan fingerprint density at radius 2 is 1.57 bits per heavy atom. The number of hydrogen-bond acceptors (Lipinski definition) is 3. The van der Waals surface area contributed by atoms with E-state index in [1.165, 1.54) is 37.1 Å². The number of piperidine rings is 1. The summed E-state index contributed by atoms with van der Waals surface area (Å²) in [4.78, 5) is 17.1. The highest BCUT2D eigenvalue weighted by molar-refractivity contribution is 5.94. The van der Waals surface area contributed by atoms with E-state index in [0.29, 0.717) is 12.1 Å². The standard InChI is InChI=1S/C24H27N3O/c25-16-20-4-3-15-27(18-20)24(28)23-11-9-22(10-12-23)21-7-5-19(6-8-21)17-26-13-1-2-14-26/h5-12,20H,1-4,13-15,17-18H2. The summed E-state index contributed by atoms with van der Waals surface area (Å²) in [6.07, 6.45) is 4.44. The normalized spacial score (nSPS) is 20.1. The summed E-state index contributed by atoms with van der Waals surface area (Å²) in [7, 11) is 0. The molecule has 1 unspecified atom stereocenters. The number of amides is 1. The van der Waals surface area contributed by atoms with Crippen LogP contribution >= 0.6 is 0 Å². The van der Waals surface area contributed by atoms with Gasteiger partial charge in [0.25, 0.3) is 5.91 Å². The number of likely N-dealkylation sites (tertiary alicyclic amines) is 2. The number of rotatable bonds is 4. The lowest BCUT2D eigenvalue weighted by Gasteiger charge is -2.29.